The monoisotopic (exact) mass is 389 g/mol. The number of carbonyl (C=O) groups excluding carboxylic acids is 3. The van der Waals surface area contributed by atoms with Crippen molar-refractivity contribution >= 4 is 29.1 Å². The number of benzene rings is 2. The van der Waals surface area contributed by atoms with E-state index in [1.165, 1.54) is 4.90 Å². The molecule has 4 rings (SSSR count). The summed E-state index contributed by atoms with van der Waals surface area (Å²) < 4.78 is 0. The minimum atomic E-state index is -0.731. The van der Waals surface area contributed by atoms with Crippen LogP contribution in [-0.4, -0.2) is 30.3 Å². The number of nitrogens with zero attached hydrogens (tertiary/aromatic N) is 2. The lowest BCUT2D eigenvalue weighted by Gasteiger charge is -2.44. The van der Waals surface area contributed by atoms with Gasteiger partial charge in [-0.05, 0) is 42.7 Å². The Kier molecular flexibility index (Phi) is 4.92. The fourth-order valence-electron chi connectivity index (χ4n) is 4.38. The normalized spacial score (nSPS) is 20.2. The Labute approximate surface area is 169 Å². The molecule has 2 N–H and O–H groups in total. The molecule has 0 spiro atoms. The first-order valence-corrected chi connectivity index (χ1v) is 9.75. The number of rotatable bonds is 5. The van der Waals surface area contributed by atoms with Crippen molar-refractivity contribution in [1.29, 1.82) is 0 Å². The van der Waals surface area contributed by atoms with E-state index in [2.05, 4.69) is 6.58 Å². The summed E-state index contributed by atoms with van der Waals surface area (Å²) in [5.41, 5.74) is 8.55. The van der Waals surface area contributed by atoms with Crippen LogP contribution in [0.15, 0.2) is 61.2 Å². The van der Waals surface area contributed by atoms with Crippen molar-refractivity contribution in [3.05, 3.63) is 72.3 Å². The minimum absolute atomic E-state index is 0.0694. The van der Waals surface area contributed by atoms with E-state index in [1.807, 2.05) is 30.3 Å². The molecular weight excluding hydrogens is 366 g/mol. The number of nitrogens with two attached hydrogens (primary N) is 1. The van der Waals surface area contributed by atoms with Crippen LogP contribution in [0.25, 0.3) is 0 Å². The fourth-order valence-corrected chi connectivity index (χ4v) is 4.38. The topological polar surface area (TPSA) is 83.7 Å². The lowest BCUT2D eigenvalue weighted by Crippen LogP contribution is -2.54. The molecule has 6 heteroatoms. The minimum Gasteiger partial charge on any atom is -0.368 e. The van der Waals surface area contributed by atoms with E-state index in [-0.39, 0.29) is 24.2 Å². The maximum Gasteiger partial charge on any atom is 0.258 e. The van der Waals surface area contributed by atoms with E-state index in [0.29, 0.717) is 30.6 Å². The average Bonchev–Trinajstić information content (AvgIpc) is 2.74. The second kappa shape index (κ2) is 7.54. The molecule has 29 heavy (non-hydrogen) atoms. The van der Waals surface area contributed by atoms with Crippen LogP contribution in [0.3, 0.4) is 0 Å². The van der Waals surface area contributed by atoms with Gasteiger partial charge in [0.05, 0.1) is 0 Å². The third-order valence-corrected chi connectivity index (χ3v) is 5.68. The molecule has 2 aromatic rings. The van der Waals surface area contributed by atoms with E-state index in [4.69, 9.17) is 5.73 Å². The van der Waals surface area contributed by atoms with Gasteiger partial charge in [0, 0.05) is 35.8 Å². The van der Waals surface area contributed by atoms with Crippen molar-refractivity contribution in [3.63, 3.8) is 0 Å². The second-order valence-electron chi connectivity index (χ2n) is 7.43. The summed E-state index contributed by atoms with van der Waals surface area (Å²) in [4.78, 5) is 41.6. The molecular formula is C23H23N3O3. The summed E-state index contributed by atoms with van der Waals surface area (Å²) in [5, 5.41) is 0. The third kappa shape index (κ3) is 3.20. The highest BCUT2D eigenvalue weighted by atomic mass is 16.2. The van der Waals surface area contributed by atoms with Crippen LogP contribution in [-0.2, 0) is 9.59 Å². The Balaban J connectivity index is 1.81. The van der Waals surface area contributed by atoms with Crippen LogP contribution >= 0.6 is 0 Å². The highest BCUT2D eigenvalue weighted by Gasteiger charge is 2.44. The number of hydrogen-bond donors (Lipinski definition) is 1. The van der Waals surface area contributed by atoms with Gasteiger partial charge in [-0.1, -0.05) is 30.3 Å². The van der Waals surface area contributed by atoms with Gasteiger partial charge in [-0.15, -0.1) is 6.58 Å². The maximum absolute atomic E-state index is 13.2. The number of primary amides is 1. The maximum atomic E-state index is 13.2. The molecule has 0 fully saturated rings. The van der Waals surface area contributed by atoms with Crippen LogP contribution in [0.4, 0.5) is 11.4 Å². The molecule has 3 amide bonds. The van der Waals surface area contributed by atoms with E-state index >= 15 is 0 Å². The SMILES string of the molecule is C=CCCC(=O)N1c2cccc3c2[C@@H](C[C@H]1C(N)=O)CN(c1ccccc1)C3=O. The molecule has 2 aliphatic heterocycles. The van der Waals surface area contributed by atoms with Crippen LogP contribution in [0, 0.1) is 0 Å². The Morgan fingerprint density at radius 1 is 1.14 bits per heavy atom. The van der Waals surface area contributed by atoms with Crippen molar-refractivity contribution in [1.82, 2.24) is 0 Å². The highest BCUT2D eigenvalue weighted by Crippen LogP contribution is 2.44. The molecule has 0 aromatic heterocycles. The summed E-state index contributed by atoms with van der Waals surface area (Å²) in [7, 11) is 0. The molecule has 148 valence electrons. The summed E-state index contributed by atoms with van der Waals surface area (Å²) >= 11 is 0. The van der Waals surface area contributed by atoms with Gasteiger partial charge in [0.15, 0.2) is 0 Å². The van der Waals surface area contributed by atoms with E-state index in [0.717, 1.165) is 11.3 Å². The quantitative estimate of drug-likeness (QED) is 0.798. The van der Waals surface area contributed by atoms with Crippen molar-refractivity contribution in [2.45, 2.75) is 31.2 Å². The lowest BCUT2D eigenvalue weighted by atomic mass is 9.79. The number of allylic oxidation sites excluding steroid dienone is 1. The highest BCUT2D eigenvalue weighted by molar-refractivity contribution is 6.11. The predicted octanol–water partition coefficient (Wildman–Crippen LogP) is 2.99. The molecule has 2 heterocycles. The van der Waals surface area contributed by atoms with Gasteiger partial charge in [-0.3, -0.25) is 19.3 Å². The fraction of sp³-hybridized carbons (Fsp3) is 0.261. The van der Waals surface area contributed by atoms with E-state index in [1.54, 1.807) is 29.2 Å². The Morgan fingerprint density at radius 2 is 1.90 bits per heavy atom. The Morgan fingerprint density at radius 3 is 2.59 bits per heavy atom. The molecule has 0 radical (unpaired) electrons. The number of carbonyl (C=O) groups is 3. The van der Waals surface area contributed by atoms with Gasteiger partial charge >= 0.3 is 0 Å². The van der Waals surface area contributed by atoms with Gasteiger partial charge < -0.3 is 10.6 Å². The van der Waals surface area contributed by atoms with Gasteiger partial charge in [0.2, 0.25) is 11.8 Å². The second-order valence-corrected chi connectivity index (χ2v) is 7.43. The van der Waals surface area contributed by atoms with E-state index < -0.39 is 11.9 Å². The first-order chi connectivity index (χ1) is 14.0. The van der Waals surface area contributed by atoms with Gasteiger partial charge in [0.1, 0.15) is 6.04 Å². The van der Waals surface area contributed by atoms with Gasteiger partial charge in [-0.2, -0.15) is 0 Å². The summed E-state index contributed by atoms with van der Waals surface area (Å²) in [6, 6.07) is 14.1. The number of anilines is 2. The number of para-hydroxylation sites is 1. The molecule has 2 atom stereocenters. The summed E-state index contributed by atoms with van der Waals surface area (Å²) in [5.74, 6) is -0.880. The molecule has 0 saturated carbocycles. The molecule has 0 bridgehead atoms. The molecule has 0 aliphatic carbocycles. The van der Waals surface area contributed by atoms with Crippen LogP contribution in [0.5, 0.6) is 0 Å². The zero-order valence-electron chi connectivity index (χ0n) is 16.1. The smallest absolute Gasteiger partial charge is 0.258 e. The molecule has 2 aliphatic rings. The molecule has 0 unspecified atom stereocenters. The number of amides is 3. The van der Waals surface area contributed by atoms with Crippen LogP contribution in [0.2, 0.25) is 0 Å². The lowest BCUT2D eigenvalue weighted by molar-refractivity contribution is -0.125. The Hall–Kier alpha value is -3.41. The molecule has 6 nitrogen and oxygen atoms in total. The first kappa shape index (κ1) is 18.9. The first-order valence-electron chi connectivity index (χ1n) is 9.75. The summed E-state index contributed by atoms with van der Waals surface area (Å²) in [6.07, 6.45) is 2.83. The predicted molar refractivity (Wildman–Crippen MR) is 112 cm³/mol. The largest absolute Gasteiger partial charge is 0.368 e. The van der Waals surface area contributed by atoms with Crippen LogP contribution < -0.4 is 15.5 Å². The summed E-state index contributed by atoms with van der Waals surface area (Å²) in [6.45, 7) is 4.11. The van der Waals surface area contributed by atoms with Crippen LogP contribution in [0.1, 0.15) is 41.1 Å². The number of hydrogen-bond acceptors (Lipinski definition) is 3. The zero-order chi connectivity index (χ0) is 20.5. The molecule has 2 aromatic carbocycles. The van der Waals surface area contributed by atoms with E-state index in [9.17, 15) is 14.4 Å². The standard InChI is InChI=1S/C23H23N3O3/c1-2-3-12-20(27)26-18-11-7-10-17-21(18)15(13-19(26)22(24)28)14-25(23(17)29)16-8-5-4-6-9-16/h2,4-11,15,19H,1,3,12-14H2,(H2,24,28)/t15-,19-/m0/s1. The van der Waals surface area contributed by atoms with Crippen molar-refractivity contribution in [2.75, 3.05) is 16.3 Å². The zero-order valence-corrected chi connectivity index (χ0v) is 16.1. The van der Waals surface area contributed by atoms with Gasteiger partial charge in [-0.25, -0.2) is 0 Å². The van der Waals surface area contributed by atoms with Crippen molar-refractivity contribution < 1.29 is 14.4 Å². The average molecular weight is 389 g/mol. The molecule has 0 saturated heterocycles. The van der Waals surface area contributed by atoms with Crippen molar-refractivity contribution in [2.24, 2.45) is 5.73 Å². The van der Waals surface area contributed by atoms with Crippen molar-refractivity contribution in [3.8, 4) is 0 Å². The van der Waals surface area contributed by atoms with Gasteiger partial charge in [0.25, 0.3) is 5.91 Å². The third-order valence-electron chi connectivity index (χ3n) is 5.68. The Bertz CT molecular complexity index is 986.